The van der Waals surface area contributed by atoms with Gasteiger partial charge < -0.3 is 9.80 Å². The highest BCUT2D eigenvalue weighted by molar-refractivity contribution is 6.06. The molecule has 2 heterocycles. The zero-order chi connectivity index (χ0) is 19.7. The van der Waals surface area contributed by atoms with E-state index in [0.717, 1.165) is 16.9 Å². The largest absolute Gasteiger partial charge is 0.305 e. The molecule has 0 unspecified atom stereocenters. The van der Waals surface area contributed by atoms with Crippen molar-refractivity contribution in [2.75, 3.05) is 9.80 Å². The molecule has 1 aliphatic rings. The molecule has 0 radical (unpaired) electrons. The highest BCUT2D eigenvalue weighted by Crippen LogP contribution is 2.42. The smallest absolute Gasteiger partial charge is 0.276 e. The van der Waals surface area contributed by atoms with E-state index in [4.69, 9.17) is 0 Å². The van der Waals surface area contributed by atoms with Gasteiger partial charge in [0, 0.05) is 30.5 Å². The number of H-pyrrole nitrogens is 1. The molecule has 0 bridgehead atoms. The highest BCUT2D eigenvalue weighted by Gasteiger charge is 2.38. The number of amides is 2. The molecule has 2 aromatic carbocycles. The molecule has 0 saturated carbocycles. The van der Waals surface area contributed by atoms with E-state index in [1.807, 2.05) is 66.4 Å². The lowest BCUT2D eigenvalue weighted by molar-refractivity contribution is -0.117. The quantitative estimate of drug-likeness (QED) is 0.755. The number of fused-ring (bicyclic) bond motifs is 1. The van der Waals surface area contributed by atoms with Crippen LogP contribution < -0.4 is 9.80 Å². The van der Waals surface area contributed by atoms with Crippen molar-refractivity contribution in [1.82, 2.24) is 10.2 Å². The first-order valence-electron chi connectivity index (χ1n) is 9.34. The Morgan fingerprint density at radius 3 is 2.46 bits per heavy atom. The van der Waals surface area contributed by atoms with Crippen molar-refractivity contribution in [2.24, 2.45) is 0 Å². The summed E-state index contributed by atoms with van der Waals surface area (Å²) in [4.78, 5) is 29.3. The molecule has 1 N–H and O–H groups in total. The summed E-state index contributed by atoms with van der Waals surface area (Å²) in [5.74, 6) is -0.142. The maximum atomic E-state index is 13.1. The lowest BCUT2D eigenvalue weighted by atomic mass is 9.89. The van der Waals surface area contributed by atoms with Crippen LogP contribution in [0.1, 0.15) is 42.4 Å². The summed E-state index contributed by atoms with van der Waals surface area (Å²) < 4.78 is 0. The Bertz CT molecular complexity index is 985. The summed E-state index contributed by atoms with van der Waals surface area (Å²) in [6.07, 6.45) is 2.22. The van der Waals surface area contributed by atoms with E-state index in [9.17, 15) is 9.59 Å². The van der Waals surface area contributed by atoms with Crippen LogP contribution in [0.4, 0.5) is 11.4 Å². The fourth-order valence-electron chi connectivity index (χ4n) is 4.01. The molecule has 28 heavy (non-hydrogen) atoms. The van der Waals surface area contributed by atoms with Crippen LogP contribution in [0.5, 0.6) is 0 Å². The fourth-order valence-corrected chi connectivity index (χ4v) is 4.01. The zero-order valence-corrected chi connectivity index (χ0v) is 15.9. The highest BCUT2D eigenvalue weighted by atomic mass is 16.2. The molecule has 3 aromatic rings. The molecule has 1 aromatic heterocycles. The van der Waals surface area contributed by atoms with Crippen LogP contribution in [-0.2, 0) is 4.79 Å². The van der Waals surface area contributed by atoms with Gasteiger partial charge in [-0.1, -0.05) is 36.4 Å². The third-order valence-corrected chi connectivity index (χ3v) is 5.20. The predicted octanol–water partition coefficient (Wildman–Crippen LogP) is 3.94. The topological polar surface area (TPSA) is 69.3 Å². The van der Waals surface area contributed by atoms with Crippen LogP contribution in [0.2, 0.25) is 0 Å². The second kappa shape index (κ2) is 7.31. The first kappa shape index (κ1) is 18.0. The number of nitrogens with one attached hydrogen (secondary N) is 1. The average Bonchev–Trinajstić information content (AvgIpc) is 3.23. The number of anilines is 2. The van der Waals surface area contributed by atoms with Crippen LogP contribution in [0.25, 0.3) is 0 Å². The van der Waals surface area contributed by atoms with Gasteiger partial charge in [-0.15, -0.1) is 0 Å². The van der Waals surface area contributed by atoms with Crippen LogP contribution in [0.3, 0.4) is 0 Å². The third kappa shape index (κ3) is 3.07. The van der Waals surface area contributed by atoms with Gasteiger partial charge in [-0.2, -0.15) is 5.10 Å². The van der Waals surface area contributed by atoms with Crippen LogP contribution >= 0.6 is 0 Å². The first-order chi connectivity index (χ1) is 13.6. The zero-order valence-electron chi connectivity index (χ0n) is 15.9. The maximum absolute atomic E-state index is 13.1. The van der Waals surface area contributed by atoms with Gasteiger partial charge in [-0.25, -0.2) is 0 Å². The van der Waals surface area contributed by atoms with Crippen molar-refractivity contribution in [3.8, 4) is 0 Å². The Morgan fingerprint density at radius 1 is 1.07 bits per heavy atom. The first-order valence-corrected chi connectivity index (χ1v) is 9.34. The summed E-state index contributed by atoms with van der Waals surface area (Å²) in [6, 6.07) is 18.9. The minimum absolute atomic E-state index is 0.0217. The van der Waals surface area contributed by atoms with E-state index in [1.54, 1.807) is 24.1 Å². The number of rotatable bonds is 3. The number of hydrogen-bond donors (Lipinski definition) is 1. The molecule has 4 rings (SSSR count). The summed E-state index contributed by atoms with van der Waals surface area (Å²) in [5.41, 5.74) is 3.10. The predicted molar refractivity (Wildman–Crippen MR) is 108 cm³/mol. The number of nitrogens with zero attached hydrogens (tertiary/aromatic N) is 3. The third-order valence-electron chi connectivity index (χ3n) is 5.20. The van der Waals surface area contributed by atoms with Crippen molar-refractivity contribution in [3.63, 3.8) is 0 Å². The summed E-state index contributed by atoms with van der Waals surface area (Å²) in [6.45, 7) is 3.60. The SMILES string of the molecule is CC(=O)N(c1ccccc1)[C@H]1C[C@@H](C)N(C(=O)c2ccn[nH]2)c2ccccc21. The van der Waals surface area contributed by atoms with E-state index in [1.165, 1.54) is 0 Å². The number of para-hydroxylation sites is 2. The Morgan fingerprint density at radius 2 is 1.79 bits per heavy atom. The standard InChI is InChI=1S/C22H22N4O2/c1-15-14-21(26(16(2)27)17-8-4-3-5-9-17)18-10-6-7-11-20(18)25(15)22(28)19-12-13-23-24-19/h3-13,15,21H,14H2,1-2H3,(H,23,24)/t15-,21+/m1/s1. The molecule has 0 fully saturated rings. The summed E-state index contributed by atoms with van der Waals surface area (Å²) in [5, 5.41) is 6.66. The fraction of sp³-hybridized carbons (Fsp3) is 0.227. The number of aromatic amines is 1. The molecule has 1 aliphatic heterocycles. The van der Waals surface area contributed by atoms with Crippen molar-refractivity contribution in [3.05, 3.63) is 78.1 Å². The van der Waals surface area contributed by atoms with Crippen molar-refractivity contribution < 1.29 is 9.59 Å². The van der Waals surface area contributed by atoms with Gasteiger partial charge in [0.1, 0.15) is 5.69 Å². The number of carbonyl (C=O) groups is 2. The lowest BCUT2D eigenvalue weighted by Gasteiger charge is -2.43. The molecule has 0 aliphatic carbocycles. The monoisotopic (exact) mass is 374 g/mol. The van der Waals surface area contributed by atoms with Crippen LogP contribution in [0.15, 0.2) is 66.9 Å². The van der Waals surface area contributed by atoms with Crippen molar-refractivity contribution >= 4 is 23.2 Å². The van der Waals surface area contributed by atoms with E-state index < -0.39 is 0 Å². The molecule has 2 atom stereocenters. The summed E-state index contributed by atoms with van der Waals surface area (Å²) in [7, 11) is 0. The normalized spacial score (nSPS) is 18.4. The number of hydrogen-bond acceptors (Lipinski definition) is 3. The van der Waals surface area contributed by atoms with E-state index >= 15 is 0 Å². The summed E-state index contributed by atoms with van der Waals surface area (Å²) >= 11 is 0. The Kier molecular flexibility index (Phi) is 4.69. The number of aromatic nitrogens is 2. The van der Waals surface area contributed by atoms with Crippen molar-refractivity contribution in [1.29, 1.82) is 0 Å². The van der Waals surface area contributed by atoms with Crippen LogP contribution in [-0.4, -0.2) is 28.1 Å². The van der Waals surface area contributed by atoms with Gasteiger partial charge in [-0.3, -0.25) is 14.7 Å². The van der Waals surface area contributed by atoms with E-state index in [2.05, 4.69) is 10.2 Å². The Balaban J connectivity index is 1.79. The van der Waals surface area contributed by atoms with Crippen molar-refractivity contribution in [2.45, 2.75) is 32.4 Å². The average molecular weight is 374 g/mol. The van der Waals surface area contributed by atoms with Crippen LogP contribution in [0, 0.1) is 0 Å². The maximum Gasteiger partial charge on any atom is 0.276 e. The van der Waals surface area contributed by atoms with Gasteiger partial charge in [0.2, 0.25) is 5.91 Å². The number of benzene rings is 2. The Hall–Kier alpha value is -3.41. The van der Waals surface area contributed by atoms with E-state index in [0.29, 0.717) is 12.1 Å². The van der Waals surface area contributed by atoms with Gasteiger partial charge in [0.05, 0.1) is 6.04 Å². The van der Waals surface area contributed by atoms with Gasteiger partial charge in [0.15, 0.2) is 0 Å². The molecule has 2 amide bonds. The van der Waals surface area contributed by atoms with Gasteiger partial charge >= 0.3 is 0 Å². The molecule has 0 saturated heterocycles. The van der Waals surface area contributed by atoms with E-state index in [-0.39, 0.29) is 23.9 Å². The molecule has 6 nitrogen and oxygen atoms in total. The minimum Gasteiger partial charge on any atom is -0.305 e. The van der Waals surface area contributed by atoms with Gasteiger partial charge in [-0.05, 0) is 43.2 Å². The van der Waals surface area contributed by atoms with Gasteiger partial charge in [0.25, 0.3) is 5.91 Å². The lowest BCUT2D eigenvalue weighted by Crippen LogP contribution is -2.47. The Labute approximate surface area is 163 Å². The molecule has 6 heteroatoms. The number of carbonyl (C=O) groups excluding carboxylic acids is 2. The molecular formula is C22H22N4O2. The minimum atomic E-state index is -0.142. The second-order valence-electron chi connectivity index (χ2n) is 7.03. The molecule has 0 spiro atoms. The second-order valence-corrected chi connectivity index (χ2v) is 7.03. The molecule has 142 valence electrons. The molecular weight excluding hydrogens is 352 g/mol.